The van der Waals surface area contributed by atoms with Crippen LogP contribution < -0.4 is 5.11 Å². The molecule has 0 spiro atoms. The summed E-state index contributed by atoms with van der Waals surface area (Å²) in [6.07, 6.45) is 64.9. The van der Waals surface area contributed by atoms with E-state index < -0.39 is 24.3 Å². The number of nitrogens with zero attached hydrogens (tertiary/aromatic N) is 1. The maximum absolute atomic E-state index is 12.9. The molecule has 9 nitrogen and oxygen atoms in total. The summed E-state index contributed by atoms with van der Waals surface area (Å²) in [5.41, 5.74) is 0. The van der Waals surface area contributed by atoms with Gasteiger partial charge in [0.1, 0.15) is 13.2 Å². The molecule has 0 aliphatic heterocycles. The topological polar surface area (TPSA) is 111 Å². The molecule has 446 valence electrons. The highest BCUT2D eigenvalue weighted by atomic mass is 16.7. The number of quaternary nitrogens is 1. The molecular weight excluding hydrogens is 935 g/mol. The van der Waals surface area contributed by atoms with Crippen molar-refractivity contribution in [2.75, 3.05) is 47.5 Å². The van der Waals surface area contributed by atoms with Gasteiger partial charge in [-0.1, -0.05) is 322 Å². The number of likely N-dealkylation sites (N-methyl/N-ethyl adjacent to an activating group) is 1. The first-order chi connectivity index (χ1) is 36.6. The Kier molecular flexibility index (Phi) is 57.1. The monoisotopic (exact) mass is 1060 g/mol. The van der Waals surface area contributed by atoms with E-state index in [9.17, 15) is 19.5 Å². The van der Waals surface area contributed by atoms with Crippen LogP contribution in [0.15, 0.2) is 0 Å². The standard InChI is InChI=1S/C66H129NO8/c1-6-8-10-12-14-16-18-20-22-23-24-25-26-27-28-29-30-31-32-33-34-35-36-37-38-39-40-41-42-43-45-47-49-51-53-55-57-64(69)75-62(61-74-66(65(70)71)72-59-58-67(3,4)5)60-73-63(68)56-54-52-50-48-46-44-21-19-17-15-13-11-9-7-2/h62,66H,6-61H2,1-5H3. The van der Waals surface area contributed by atoms with E-state index in [1.54, 1.807) is 0 Å². The van der Waals surface area contributed by atoms with E-state index in [1.807, 2.05) is 21.1 Å². The second-order valence-corrected chi connectivity index (χ2v) is 24.1. The molecule has 0 aliphatic carbocycles. The summed E-state index contributed by atoms with van der Waals surface area (Å²) < 4.78 is 22.7. The molecule has 9 heteroatoms. The third-order valence-electron chi connectivity index (χ3n) is 15.4. The molecule has 0 heterocycles. The van der Waals surface area contributed by atoms with E-state index in [4.69, 9.17) is 18.9 Å². The molecule has 0 aliphatic rings. The van der Waals surface area contributed by atoms with E-state index in [0.717, 1.165) is 38.5 Å². The molecular formula is C66H129NO8. The zero-order valence-corrected chi connectivity index (χ0v) is 51.0. The molecule has 0 bridgehead atoms. The van der Waals surface area contributed by atoms with Crippen molar-refractivity contribution in [1.29, 1.82) is 0 Å². The summed E-state index contributed by atoms with van der Waals surface area (Å²) >= 11 is 0. The number of carbonyl (C=O) groups excluding carboxylic acids is 3. The van der Waals surface area contributed by atoms with Gasteiger partial charge in [-0.05, 0) is 12.8 Å². The van der Waals surface area contributed by atoms with Crippen LogP contribution >= 0.6 is 0 Å². The molecule has 0 aromatic heterocycles. The summed E-state index contributed by atoms with van der Waals surface area (Å²) in [5, 5.41) is 11.8. The van der Waals surface area contributed by atoms with Gasteiger partial charge in [0.05, 0.1) is 40.3 Å². The van der Waals surface area contributed by atoms with Gasteiger partial charge in [0.25, 0.3) is 0 Å². The zero-order valence-electron chi connectivity index (χ0n) is 51.0. The van der Waals surface area contributed by atoms with Crippen LogP contribution in [0, 0.1) is 0 Å². The van der Waals surface area contributed by atoms with Gasteiger partial charge < -0.3 is 33.3 Å². The number of aliphatic carboxylic acids is 1. The molecule has 0 radical (unpaired) electrons. The molecule has 0 aromatic carbocycles. The van der Waals surface area contributed by atoms with Gasteiger partial charge in [-0.25, -0.2) is 0 Å². The molecule has 0 rings (SSSR count). The lowest BCUT2D eigenvalue weighted by molar-refractivity contribution is -0.870. The minimum atomic E-state index is -1.61. The second kappa shape index (κ2) is 58.4. The Labute approximate surface area is 466 Å². The molecule has 0 aromatic rings. The van der Waals surface area contributed by atoms with E-state index in [-0.39, 0.29) is 32.2 Å². The van der Waals surface area contributed by atoms with Crippen molar-refractivity contribution in [1.82, 2.24) is 0 Å². The third kappa shape index (κ3) is 59.8. The van der Waals surface area contributed by atoms with Crippen molar-refractivity contribution in [2.24, 2.45) is 0 Å². The number of ether oxygens (including phenoxy) is 4. The van der Waals surface area contributed by atoms with Crippen LogP contribution in [0.3, 0.4) is 0 Å². The Hall–Kier alpha value is -1.71. The lowest BCUT2D eigenvalue weighted by Gasteiger charge is -2.26. The normalized spacial score (nSPS) is 12.6. The summed E-state index contributed by atoms with van der Waals surface area (Å²) in [6.45, 7) is 4.82. The highest BCUT2D eigenvalue weighted by Gasteiger charge is 2.22. The largest absolute Gasteiger partial charge is 0.545 e. The molecule has 75 heavy (non-hydrogen) atoms. The molecule has 0 saturated carbocycles. The van der Waals surface area contributed by atoms with E-state index in [1.165, 1.54) is 283 Å². The van der Waals surface area contributed by atoms with E-state index in [0.29, 0.717) is 17.4 Å². The molecule has 0 fully saturated rings. The smallest absolute Gasteiger partial charge is 0.306 e. The van der Waals surface area contributed by atoms with Crippen LogP contribution in [0.25, 0.3) is 0 Å². The van der Waals surface area contributed by atoms with E-state index >= 15 is 0 Å². The zero-order chi connectivity index (χ0) is 54.8. The maximum Gasteiger partial charge on any atom is 0.306 e. The number of rotatable bonds is 63. The highest BCUT2D eigenvalue weighted by molar-refractivity contribution is 5.70. The first-order valence-corrected chi connectivity index (χ1v) is 33.2. The lowest BCUT2D eigenvalue weighted by atomic mass is 10.0. The van der Waals surface area contributed by atoms with Gasteiger partial charge in [-0.2, -0.15) is 0 Å². The number of unbranched alkanes of at least 4 members (excludes halogenated alkanes) is 48. The predicted octanol–water partition coefficient (Wildman–Crippen LogP) is 18.6. The minimum absolute atomic E-state index is 0.153. The van der Waals surface area contributed by atoms with Crippen LogP contribution in [-0.4, -0.2) is 82.3 Å². The quantitative estimate of drug-likeness (QED) is 0.0256. The number of carboxylic acid groups (broad SMARTS) is 1. The van der Waals surface area contributed by atoms with Crippen molar-refractivity contribution >= 4 is 17.9 Å². The Morgan fingerprint density at radius 2 is 0.600 bits per heavy atom. The lowest BCUT2D eigenvalue weighted by Crippen LogP contribution is -2.44. The van der Waals surface area contributed by atoms with Gasteiger partial charge in [0, 0.05) is 12.8 Å². The molecule has 0 saturated heterocycles. The highest BCUT2D eigenvalue weighted by Crippen LogP contribution is 2.19. The van der Waals surface area contributed by atoms with Crippen molar-refractivity contribution in [3.05, 3.63) is 0 Å². The van der Waals surface area contributed by atoms with Crippen LogP contribution in [0.4, 0.5) is 0 Å². The summed E-state index contributed by atoms with van der Waals surface area (Å²) in [4.78, 5) is 37.3. The average molecular weight is 1060 g/mol. The molecule has 0 N–H and O–H groups in total. The van der Waals surface area contributed by atoms with Crippen LogP contribution in [0.1, 0.15) is 348 Å². The first kappa shape index (κ1) is 73.3. The van der Waals surface area contributed by atoms with Gasteiger partial charge >= 0.3 is 11.9 Å². The van der Waals surface area contributed by atoms with Gasteiger partial charge in [-0.3, -0.25) is 9.59 Å². The van der Waals surface area contributed by atoms with Crippen molar-refractivity contribution in [3.63, 3.8) is 0 Å². The number of hydrogen-bond donors (Lipinski definition) is 0. The molecule has 2 atom stereocenters. The number of carboxylic acids is 1. The Morgan fingerprint density at radius 3 is 0.853 bits per heavy atom. The van der Waals surface area contributed by atoms with Gasteiger partial charge in [-0.15, -0.1) is 0 Å². The molecule has 2 unspecified atom stereocenters. The van der Waals surface area contributed by atoms with Crippen LogP contribution in [-0.2, 0) is 33.3 Å². The fraction of sp³-hybridized carbons (Fsp3) is 0.955. The Bertz CT molecular complexity index is 1190. The minimum Gasteiger partial charge on any atom is -0.545 e. The van der Waals surface area contributed by atoms with Crippen LogP contribution in [0.2, 0.25) is 0 Å². The Balaban J connectivity index is 3.93. The third-order valence-corrected chi connectivity index (χ3v) is 15.4. The molecule has 0 amide bonds. The number of carbonyl (C=O) groups is 3. The summed E-state index contributed by atoms with van der Waals surface area (Å²) in [6, 6.07) is 0. The van der Waals surface area contributed by atoms with Crippen LogP contribution in [0.5, 0.6) is 0 Å². The van der Waals surface area contributed by atoms with Gasteiger partial charge in [0.15, 0.2) is 12.4 Å². The van der Waals surface area contributed by atoms with Gasteiger partial charge in [0.2, 0.25) is 0 Å². The SMILES string of the molecule is CCCCCCCCCCCCCCCCCCCCCCCCCCCCCCCCCCCCCCC(=O)OC(COC(=O)CCCCCCCCCCCCCCCC)COC(OCC[N+](C)(C)C)C(=O)[O-]. The van der Waals surface area contributed by atoms with Crippen molar-refractivity contribution in [2.45, 2.75) is 360 Å². The fourth-order valence-corrected chi connectivity index (χ4v) is 10.2. The Morgan fingerprint density at radius 1 is 0.347 bits per heavy atom. The summed E-state index contributed by atoms with van der Waals surface area (Å²) in [7, 11) is 5.94. The van der Waals surface area contributed by atoms with E-state index in [2.05, 4.69) is 13.8 Å². The average Bonchev–Trinajstić information content (AvgIpc) is 3.38. The number of hydrogen-bond acceptors (Lipinski definition) is 8. The van der Waals surface area contributed by atoms with Crippen molar-refractivity contribution < 1.29 is 42.9 Å². The fourth-order valence-electron chi connectivity index (χ4n) is 10.2. The summed E-state index contributed by atoms with van der Waals surface area (Å²) in [5.74, 6) is -2.25. The maximum atomic E-state index is 12.9. The predicted molar refractivity (Wildman–Crippen MR) is 316 cm³/mol. The first-order valence-electron chi connectivity index (χ1n) is 33.2. The van der Waals surface area contributed by atoms with Crippen molar-refractivity contribution in [3.8, 4) is 0 Å². The number of esters is 2. The second-order valence-electron chi connectivity index (χ2n) is 24.1.